The summed E-state index contributed by atoms with van der Waals surface area (Å²) in [6, 6.07) is 12.8. The van der Waals surface area contributed by atoms with Crippen molar-refractivity contribution in [1.82, 2.24) is 0 Å². The molecule has 21 heavy (non-hydrogen) atoms. The van der Waals surface area contributed by atoms with Crippen LogP contribution in [-0.4, -0.2) is 16.9 Å². The number of rotatable bonds is 3. The van der Waals surface area contributed by atoms with Crippen molar-refractivity contribution < 1.29 is 19.4 Å². The number of carbonyl (C=O) groups excluding carboxylic acids is 2. The minimum Gasteiger partial charge on any atom is -0.507 e. The Bertz CT molecular complexity index is 618. The lowest BCUT2D eigenvalue weighted by Crippen LogP contribution is -2.04. The molecule has 0 fully saturated rings. The highest BCUT2D eigenvalue weighted by atomic mass is 16.5. The van der Waals surface area contributed by atoms with Gasteiger partial charge in [0, 0.05) is 18.6 Å². The molecule has 0 radical (unpaired) electrons. The first-order valence-corrected chi connectivity index (χ1v) is 6.69. The first kappa shape index (κ1) is 16.4. The Morgan fingerprint density at radius 2 is 1.62 bits per heavy atom. The summed E-state index contributed by atoms with van der Waals surface area (Å²) in [5, 5.41) is 9.82. The summed E-state index contributed by atoms with van der Waals surface area (Å²) in [6.45, 7) is 5.26. The van der Waals surface area contributed by atoms with Gasteiger partial charge in [0.2, 0.25) is 0 Å². The number of benzene rings is 2. The van der Waals surface area contributed by atoms with Gasteiger partial charge in [0.1, 0.15) is 11.5 Å². The van der Waals surface area contributed by atoms with Crippen molar-refractivity contribution in [2.45, 2.75) is 20.8 Å². The van der Waals surface area contributed by atoms with Crippen molar-refractivity contribution >= 4 is 11.8 Å². The number of phenols is 1. The molecule has 0 unspecified atom stereocenters. The van der Waals surface area contributed by atoms with Gasteiger partial charge in [-0.25, -0.2) is 0 Å². The second-order valence-electron chi connectivity index (χ2n) is 3.97. The van der Waals surface area contributed by atoms with E-state index in [1.54, 1.807) is 30.3 Å². The first-order valence-electron chi connectivity index (χ1n) is 6.69. The van der Waals surface area contributed by atoms with Crippen LogP contribution in [0.1, 0.15) is 36.7 Å². The van der Waals surface area contributed by atoms with Gasteiger partial charge in [-0.3, -0.25) is 9.59 Å². The predicted molar refractivity (Wildman–Crippen MR) is 80.6 cm³/mol. The zero-order chi connectivity index (χ0) is 15.8. The summed E-state index contributed by atoms with van der Waals surface area (Å²) in [5.74, 6) is -0.781. The van der Waals surface area contributed by atoms with Crippen LogP contribution in [0.15, 0.2) is 48.5 Å². The van der Waals surface area contributed by atoms with Crippen LogP contribution in [0.3, 0.4) is 0 Å². The maximum atomic E-state index is 12.1. The van der Waals surface area contributed by atoms with Crippen LogP contribution >= 0.6 is 0 Å². The zero-order valence-corrected chi connectivity index (χ0v) is 12.3. The molecule has 4 heteroatoms. The van der Waals surface area contributed by atoms with Gasteiger partial charge in [0.05, 0.1) is 5.56 Å². The van der Waals surface area contributed by atoms with Crippen LogP contribution in [0.4, 0.5) is 0 Å². The molecule has 1 N–H and O–H groups in total. The second-order valence-corrected chi connectivity index (χ2v) is 3.97. The molecule has 110 valence electrons. The minimum absolute atomic E-state index is 0.169. The summed E-state index contributed by atoms with van der Waals surface area (Å²) in [7, 11) is 0. The maximum absolute atomic E-state index is 12.1. The van der Waals surface area contributed by atoms with E-state index in [1.807, 2.05) is 13.8 Å². The Labute approximate surface area is 124 Å². The summed E-state index contributed by atoms with van der Waals surface area (Å²) in [6.07, 6.45) is 0. The van der Waals surface area contributed by atoms with Crippen molar-refractivity contribution in [3.63, 3.8) is 0 Å². The number of hydrogen-bond acceptors (Lipinski definition) is 4. The van der Waals surface area contributed by atoms with E-state index in [9.17, 15) is 14.7 Å². The predicted octanol–water partition coefficient (Wildman–Crippen LogP) is 3.57. The lowest BCUT2D eigenvalue weighted by molar-refractivity contribution is -0.131. The third kappa shape index (κ3) is 4.45. The second kappa shape index (κ2) is 7.85. The molecule has 0 bridgehead atoms. The third-order valence-electron chi connectivity index (χ3n) is 2.51. The van der Waals surface area contributed by atoms with E-state index in [-0.39, 0.29) is 22.8 Å². The summed E-state index contributed by atoms with van der Waals surface area (Å²) >= 11 is 0. The number of carbonyl (C=O) groups is 2. The van der Waals surface area contributed by atoms with E-state index >= 15 is 0 Å². The highest BCUT2D eigenvalue weighted by Gasteiger charge is 2.14. The number of ether oxygens (including phenoxy) is 1. The third-order valence-corrected chi connectivity index (χ3v) is 2.51. The van der Waals surface area contributed by atoms with Crippen LogP contribution in [0.5, 0.6) is 11.5 Å². The Morgan fingerprint density at radius 3 is 2.14 bits per heavy atom. The van der Waals surface area contributed by atoms with Gasteiger partial charge in [0.15, 0.2) is 5.78 Å². The van der Waals surface area contributed by atoms with Gasteiger partial charge in [-0.05, 0) is 12.1 Å². The molecule has 0 heterocycles. The lowest BCUT2D eigenvalue weighted by atomic mass is 10.0. The largest absolute Gasteiger partial charge is 0.507 e. The Balaban J connectivity index is 0.00000106. The van der Waals surface area contributed by atoms with E-state index in [0.29, 0.717) is 5.56 Å². The standard InChI is InChI=1S/C15H12O4.C2H6/c1-10(16)19-12-7-8-13(14(17)9-12)15(18)11-5-3-2-4-6-11;1-2/h2-9,17H,1H3;1-2H3. The van der Waals surface area contributed by atoms with Crippen LogP contribution in [-0.2, 0) is 4.79 Å². The van der Waals surface area contributed by atoms with Crippen LogP contribution in [0, 0.1) is 0 Å². The number of ketones is 1. The van der Waals surface area contributed by atoms with E-state index < -0.39 is 5.97 Å². The molecular formula is C17H18O4. The SMILES string of the molecule is CC.CC(=O)Oc1ccc(C(=O)c2ccccc2)c(O)c1. The van der Waals surface area contributed by atoms with Crippen LogP contribution in [0.25, 0.3) is 0 Å². The molecule has 2 rings (SSSR count). The fourth-order valence-corrected chi connectivity index (χ4v) is 1.68. The van der Waals surface area contributed by atoms with E-state index in [1.165, 1.54) is 25.1 Å². The maximum Gasteiger partial charge on any atom is 0.308 e. The minimum atomic E-state index is -0.485. The van der Waals surface area contributed by atoms with Crippen molar-refractivity contribution in [1.29, 1.82) is 0 Å². The molecule has 0 amide bonds. The van der Waals surface area contributed by atoms with Gasteiger partial charge >= 0.3 is 5.97 Å². The van der Waals surface area contributed by atoms with Crippen LogP contribution in [0.2, 0.25) is 0 Å². The smallest absolute Gasteiger partial charge is 0.308 e. The molecule has 0 aromatic heterocycles. The van der Waals surface area contributed by atoms with Gasteiger partial charge in [-0.1, -0.05) is 44.2 Å². The Kier molecular flexibility index (Phi) is 6.14. The topological polar surface area (TPSA) is 63.6 Å². The molecule has 0 saturated carbocycles. The highest BCUT2D eigenvalue weighted by molar-refractivity contribution is 6.10. The average molecular weight is 286 g/mol. The van der Waals surface area contributed by atoms with E-state index in [4.69, 9.17) is 4.74 Å². The molecule has 4 nitrogen and oxygen atoms in total. The molecule has 0 aliphatic heterocycles. The monoisotopic (exact) mass is 286 g/mol. The molecular weight excluding hydrogens is 268 g/mol. The molecule has 0 aliphatic carbocycles. The van der Waals surface area contributed by atoms with Crippen molar-refractivity contribution in [2.24, 2.45) is 0 Å². The van der Waals surface area contributed by atoms with Gasteiger partial charge in [0.25, 0.3) is 0 Å². The van der Waals surface area contributed by atoms with E-state index in [0.717, 1.165) is 0 Å². The molecule has 2 aromatic carbocycles. The van der Waals surface area contributed by atoms with Crippen molar-refractivity contribution in [2.75, 3.05) is 0 Å². The molecule has 0 aliphatic rings. The molecule has 0 saturated heterocycles. The fourth-order valence-electron chi connectivity index (χ4n) is 1.68. The lowest BCUT2D eigenvalue weighted by Gasteiger charge is -2.06. The van der Waals surface area contributed by atoms with Gasteiger partial charge in [-0.2, -0.15) is 0 Å². The Morgan fingerprint density at radius 1 is 1.00 bits per heavy atom. The van der Waals surface area contributed by atoms with Gasteiger partial charge in [-0.15, -0.1) is 0 Å². The van der Waals surface area contributed by atoms with Crippen LogP contribution < -0.4 is 4.74 Å². The summed E-state index contributed by atoms with van der Waals surface area (Å²) in [4.78, 5) is 22.9. The zero-order valence-electron chi connectivity index (χ0n) is 12.3. The highest BCUT2D eigenvalue weighted by Crippen LogP contribution is 2.25. The summed E-state index contributed by atoms with van der Waals surface area (Å²) in [5.41, 5.74) is 0.653. The number of aromatic hydroxyl groups is 1. The normalized spacial score (nSPS) is 9.29. The number of phenolic OH excluding ortho intramolecular Hbond substituents is 1. The quantitative estimate of drug-likeness (QED) is 0.532. The Hall–Kier alpha value is -2.62. The molecule has 0 spiro atoms. The fraction of sp³-hybridized carbons (Fsp3) is 0.176. The van der Waals surface area contributed by atoms with Gasteiger partial charge < -0.3 is 9.84 Å². The molecule has 0 atom stereocenters. The first-order chi connectivity index (χ1) is 10.1. The van der Waals surface area contributed by atoms with Crippen molar-refractivity contribution in [3.8, 4) is 11.5 Å². The van der Waals surface area contributed by atoms with E-state index in [2.05, 4.69) is 0 Å². The number of esters is 1. The van der Waals surface area contributed by atoms with Crippen molar-refractivity contribution in [3.05, 3.63) is 59.7 Å². The average Bonchev–Trinajstić information content (AvgIpc) is 2.49. The number of hydrogen-bond donors (Lipinski definition) is 1. The summed E-state index contributed by atoms with van der Waals surface area (Å²) < 4.78 is 4.83. The molecule has 2 aromatic rings.